The third-order valence-electron chi connectivity index (χ3n) is 2.46. The smallest absolute Gasteiger partial charge is 0.328 e. The van der Waals surface area contributed by atoms with Gasteiger partial charge in [0.15, 0.2) is 0 Å². The van der Waals surface area contributed by atoms with Gasteiger partial charge in [0, 0.05) is 17.7 Å². The van der Waals surface area contributed by atoms with Crippen LogP contribution in [0.25, 0.3) is 6.08 Å². The number of aliphatic carboxylic acids is 1. The topological polar surface area (TPSA) is 72.6 Å². The molecule has 0 unspecified atom stereocenters. The molecule has 0 amide bonds. The van der Waals surface area contributed by atoms with Gasteiger partial charge in [-0.3, -0.25) is 0 Å². The van der Waals surface area contributed by atoms with Crippen molar-refractivity contribution in [2.24, 2.45) is 0 Å². The van der Waals surface area contributed by atoms with E-state index in [0.717, 1.165) is 6.08 Å². The molecular weight excluding hydrogens is 282 g/mol. The number of carbonyl (C=O) groups is 1. The number of rotatable bonds is 5. The predicted octanol–water partition coefficient (Wildman–Crippen LogP) is 3.31. The number of halogens is 1. The summed E-state index contributed by atoms with van der Waals surface area (Å²) in [7, 11) is 0. The van der Waals surface area contributed by atoms with Gasteiger partial charge in [-0.2, -0.15) is 0 Å². The van der Waals surface area contributed by atoms with Gasteiger partial charge >= 0.3 is 5.97 Å². The van der Waals surface area contributed by atoms with Crippen LogP contribution in [-0.2, 0) is 11.4 Å². The Morgan fingerprint density at radius 1 is 1.55 bits per heavy atom. The zero-order valence-corrected chi connectivity index (χ0v) is 11.4. The highest BCUT2D eigenvalue weighted by Crippen LogP contribution is 2.28. The van der Waals surface area contributed by atoms with Crippen LogP contribution in [-0.4, -0.2) is 16.2 Å². The average molecular weight is 294 g/mol. The molecule has 0 aliphatic heterocycles. The molecule has 0 saturated heterocycles. The largest absolute Gasteiger partial charge is 0.486 e. The Hall–Kier alpha value is -2.27. The Labute approximate surface area is 120 Å². The first-order valence-electron chi connectivity index (χ1n) is 5.81. The highest BCUT2D eigenvalue weighted by molar-refractivity contribution is 6.32. The van der Waals surface area contributed by atoms with Crippen LogP contribution in [0.1, 0.15) is 17.0 Å². The van der Waals surface area contributed by atoms with Crippen LogP contribution < -0.4 is 4.74 Å². The fraction of sp³-hybridized carbons (Fsp3) is 0.143. The molecule has 0 radical (unpaired) electrons. The second-order valence-electron chi connectivity index (χ2n) is 4.04. The molecule has 1 heterocycles. The summed E-state index contributed by atoms with van der Waals surface area (Å²) in [5, 5.41) is 12.9. The molecule has 0 fully saturated rings. The normalized spacial score (nSPS) is 10.9. The number of hydrogen-bond acceptors (Lipinski definition) is 4. The number of carboxylic acids is 1. The number of nitrogens with zero attached hydrogens (tertiary/aromatic N) is 1. The lowest BCUT2D eigenvalue weighted by molar-refractivity contribution is -0.131. The SMILES string of the molecule is Cc1cc(COc2cccc(Cl)c2/C=C/C(=O)O)no1. The summed E-state index contributed by atoms with van der Waals surface area (Å²) in [6.07, 6.45) is 2.41. The zero-order valence-electron chi connectivity index (χ0n) is 10.7. The molecule has 0 bridgehead atoms. The van der Waals surface area contributed by atoms with Crippen molar-refractivity contribution < 1.29 is 19.2 Å². The number of aryl methyl sites for hydroxylation is 1. The lowest BCUT2D eigenvalue weighted by Gasteiger charge is -2.08. The minimum Gasteiger partial charge on any atom is -0.486 e. The number of benzene rings is 1. The van der Waals surface area contributed by atoms with E-state index in [4.69, 9.17) is 26.0 Å². The number of hydrogen-bond donors (Lipinski definition) is 1. The van der Waals surface area contributed by atoms with E-state index in [1.807, 2.05) is 0 Å². The Morgan fingerprint density at radius 3 is 3.00 bits per heavy atom. The van der Waals surface area contributed by atoms with Gasteiger partial charge in [0.2, 0.25) is 0 Å². The first kappa shape index (κ1) is 14.1. The summed E-state index contributed by atoms with van der Waals surface area (Å²) in [5.74, 6) is 0.124. The van der Waals surface area contributed by atoms with Gasteiger partial charge in [0.1, 0.15) is 23.8 Å². The molecule has 104 valence electrons. The number of aromatic nitrogens is 1. The van der Waals surface area contributed by atoms with Crippen LogP contribution in [0, 0.1) is 6.92 Å². The van der Waals surface area contributed by atoms with Crippen molar-refractivity contribution in [3.05, 3.63) is 52.4 Å². The molecule has 20 heavy (non-hydrogen) atoms. The molecule has 6 heteroatoms. The molecule has 2 rings (SSSR count). The molecule has 0 aliphatic carbocycles. The first-order valence-corrected chi connectivity index (χ1v) is 6.18. The first-order chi connectivity index (χ1) is 9.56. The van der Waals surface area contributed by atoms with Gasteiger partial charge in [0.05, 0.1) is 5.02 Å². The summed E-state index contributed by atoms with van der Waals surface area (Å²) in [4.78, 5) is 10.6. The lowest BCUT2D eigenvalue weighted by atomic mass is 10.2. The summed E-state index contributed by atoms with van der Waals surface area (Å²) >= 11 is 6.04. The average Bonchev–Trinajstić information content (AvgIpc) is 2.81. The van der Waals surface area contributed by atoms with Gasteiger partial charge < -0.3 is 14.4 Å². The van der Waals surface area contributed by atoms with Crippen molar-refractivity contribution in [3.8, 4) is 5.75 Å². The minimum atomic E-state index is -1.05. The van der Waals surface area contributed by atoms with Gasteiger partial charge in [-0.15, -0.1) is 0 Å². The molecule has 0 spiro atoms. The summed E-state index contributed by atoms with van der Waals surface area (Å²) in [5.41, 5.74) is 1.16. The van der Waals surface area contributed by atoms with E-state index in [9.17, 15) is 4.79 Å². The van der Waals surface area contributed by atoms with Crippen molar-refractivity contribution in [1.29, 1.82) is 0 Å². The predicted molar refractivity (Wildman–Crippen MR) is 73.7 cm³/mol. The van der Waals surface area contributed by atoms with E-state index < -0.39 is 5.97 Å². The van der Waals surface area contributed by atoms with Crippen LogP contribution in [0.2, 0.25) is 5.02 Å². The van der Waals surface area contributed by atoms with E-state index >= 15 is 0 Å². The Bertz CT molecular complexity index is 648. The van der Waals surface area contributed by atoms with Crippen LogP contribution in [0.5, 0.6) is 5.75 Å². The highest BCUT2D eigenvalue weighted by Gasteiger charge is 2.08. The maximum Gasteiger partial charge on any atom is 0.328 e. The summed E-state index contributed by atoms with van der Waals surface area (Å²) in [6, 6.07) is 6.86. The quantitative estimate of drug-likeness (QED) is 0.856. The molecule has 1 aromatic carbocycles. The Kier molecular flexibility index (Phi) is 4.42. The van der Waals surface area contributed by atoms with Crippen molar-refractivity contribution in [1.82, 2.24) is 5.16 Å². The van der Waals surface area contributed by atoms with Crippen molar-refractivity contribution >= 4 is 23.6 Å². The van der Waals surface area contributed by atoms with E-state index in [1.165, 1.54) is 6.08 Å². The summed E-state index contributed by atoms with van der Waals surface area (Å²) in [6.45, 7) is 2.00. The van der Waals surface area contributed by atoms with Crippen LogP contribution >= 0.6 is 11.6 Å². The maximum atomic E-state index is 10.6. The van der Waals surface area contributed by atoms with E-state index in [-0.39, 0.29) is 6.61 Å². The zero-order chi connectivity index (χ0) is 14.5. The lowest BCUT2D eigenvalue weighted by Crippen LogP contribution is -1.97. The fourth-order valence-electron chi connectivity index (χ4n) is 1.60. The second-order valence-corrected chi connectivity index (χ2v) is 4.45. The standard InChI is InChI=1S/C14H12ClNO4/c1-9-7-10(16-20-9)8-19-13-4-2-3-12(15)11(13)5-6-14(17)18/h2-7H,8H2,1H3,(H,17,18)/b6-5+. The summed E-state index contributed by atoms with van der Waals surface area (Å²) < 4.78 is 10.5. The Morgan fingerprint density at radius 2 is 2.35 bits per heavy atom. The number of carboxylic acid groups (broad SMARTS) is 1. The maximum absolute atomic E-state index is 10.6. The van der Waals surface area contributed by atoms with E-state index in [0.29, 0.717) is 27.8 Å². The molecule has 2 aromatic rings. The van der Waals surface area contributed by atoms with E-state index in [1.54, 1.807) is 31.2 Å². The highest BCUT2D eigenvalue weighted by atomic mass is 35.5. The third kappa shape index (κ3) is 3.61. The van der Waals surface area contributed by atoms with Crippen molar-refractivity contribution in [3.63, 3.8) is 0 Å². The number of ether oxygens (including phenoxy) is 1. The Balaban J connectivity index is 2.18. The van der Waals surface area contributed by atoms with Crippen LogP contribution in [0.4, 0.5) is 0 Å². The van der Waals surface area contributed by atoms with Gasteiger partial charge in [-0.25, -0.2) is 4.79 Å². The van der Waals surface area contributed by atoms with Crippen molar-refractivity contribution in [2.75, 3.05) is 0 Å². The third-order valence-corrected chi connectivity index (χ3v) is 2.79. The second kappa shape index (κ2) is 6.25. The molecule has 0 aliphatic rings. The van der Waals surface area contributed by atoms with Crippen LogP contribution in [0.15, 0.2) is 34.9 Å². The molecular formula is C14H12ClNO4. The van der Waals surface area contributed by atoms with Crippen molar-refractivity contribution in [2.45, 2.75) is 13.5 Å². The van der Waals surface area contributed by atoms with Gasteiger partial charge in [-0.05, 0) is 25.1 Å². The molecule has 0 atom stereocenters. The fourth-order valence-corrected chi connectivity index (χ4v) is 1.83. The molecule has 0 saturated carbocycles. The molecule has 1 N–H and O–H groups in total. The van der Waals surface area contributed by atoms with E-state index in [2.05, 4.69) is 5.16 Å². The van der Waals surface area contributed by atoms with Gasteiger partial charge in [0.25, 0.3) is 0 Å². The van der Waals surface area contributed by atoms with Gasteiger partial charge in [-0.1, -0.05) is 22.8 Å². The molecule has 5 nitrogen and oxygen atoms in total. The minimum absolute atomic E-state index is 0.214. The monoisotopic (exact) mass is 293 g/mol. The van der Waals surface area contributed by atoms with Crippen LogP contribution in [0.3, 0.4) is 0 Å². The molecule has 1 aromatic heterocycles.